The highest BCUT2D eigenvalue weighted by Gasteiger charge is 2.26. The molecule has 1 aromatic carbocycles. The zero-order valence-electron chi connectivity index (χ0n) is 12.3. The van der Waals surface area contributed by atoms with E-state index in [0.29, 0.717) is 26.3 Å². The molecule has 1 aliphatic rings. The molecule has 0 unspecified atom stereocenters. The average molecular weight is 386 g/mol. The SMILES string of the molecule is Cl.NCCNS(=O)(=O)c1ccc(S(=O)(=O)N2CCOCC2)cc1. The molecule has 1 saturated heterocycles. The Bertz CT molecular complexity index is 701. The maximum Gasteiger partial charge on any atom is 0.243 e. The highest BCUT2D eigenvalue weighted by molar-refractivity contribution is 7.89. The number of nitrogens with one attached hydrogen (secondary N) is 1. The Morgan fingerprint density at radius 1 is 1.04 bits per heavy atom. The topological polar surface area (TPSA) is 119 Å². The van der Waals surface area contributed by atoms with Crippen LogP contribution < -0.4 is 10.5 Å². The van der Waals surface area contributed by atoms with Crippen LogP contribution in [0.2, 0.25) is 0 Å². The smallest absolute Gasteiger partial charge is 0.243 e. The molecule has 2 rings (SSSR count). The van der Waals surface area contributed by atoms with E-state index in [1.165, 1.54) is 28.6 Å². The second kappa shape index (κ2) is 8.38. The molecule has 0 radical (unpaired) electrons. The zero-order chi connectivity index (χ0) is 16.2. The summed E-state index contributed by atoms with van der Waals surface area (Å²) in [5.41, 5.74) is 5.26. The lowest BCUT2D eigenvalue weighted by molar-refractivity contribution is 0.0730. The highest BCUT2D eigenvalue weighted by Crippen LogP contribution is 2.19. The van der Waals surface area contributed by atoms with Crippen molar-refractivity contribution in [2.75, 3.05) is 39.4 Å². The van der Waals surface area contributed by atoms with Crippen LogP contribution in [-0.4, -0.2) is 60.5 Å². The Morgan fingerprint density at radius 3 is 2.09 bits per heavy atom. The summed E-state index contributed by atoms with van der Waals surface area (Å²) in [5, 5.41) is 0. The summed E-state index contributed by atoms with van der Waals surface area (Å²) in [6, 6.07) is 5.13. The first-order valence-electron chi connectivity index (χ1n) is 6.75. The Balaban J connectivity index is 0.00000264. The van der Waals surface area contributed by atoms with E-state index < -0.39 is 20.0 Å². The van der Waals surface area contributed by atoms with Gasteiger partial charge in [0.05, 0.1) is 23.0 Å². The molecule has 0 spiro atoms. The summed E-state index contributed by atoms with van der Waals surface area (Å²) in [5.74, 6) is 0. The molecule has 11 heteroatoms. The van der Waals surface area contributed by atoms with Gasteiger partial charge in [-0.15, -0.1) is 12.4 Å². The number of ether oxygens (including phenoxy) is 1. The minimum absolute atomic E-state index is 0. The fraction of sp³-hybridized carbons (Fsp3) is 0.500. The van der Waals surface area contributed by atoms with Crippen LogP contribution in [0, 0.1) is 0 Å². The number of morpholine rings is 1. The molecule has 0 bridgehead atoms. The quantitative estimate of drug-likeness (QED) is 0.672. The summed E-state index contributed by atoms with van der Waals surface area (Å²) in [4.78, 5) is 0.0639. The summed E-state index contributed by atoms with van der Waals surface area (Å²) < 4.78 is 57.4. The molecule has 132 valence electrons. The number of rotatable bonds is 6. The molecule has 0 saturated carbocycles. The number of nitrogens with two attached hydrogens (primary N) is 1. The number of hydrogen-bond donors (Lipinski definition) is 2. The van der Waals surface area contributed by atoms with Crippen molar-refractivity contribution in [1.29, 1.82) is 0 Å². The van der Waals surface area contributed by atoms with Crippen LogP contribution in [0.1, 0.15) is 0 Å². The van der Waals surface area contributed by atoms with Crippen LogP contribution in [0.3, 0.4) is 0 Å². The molecule has 8 nitrogen and oxygen atoms in total. The first-order chi connectivity index (χ1) is 10.4. The van der Waals surface area contributed by atoms with Gasteiger partial charge in [-0.3, -0.25) is 0 Å². The summed E-state index contributed by atoms with van der Waals surface area (Å²) in [6.07, 6.45) is 0. The molecular formula is C12H20ClN3O5S2. The molecule has 1 aromatic rings. The van der Waals surface area contributed by atoms with E-state index in [9.17, 15) is 16.8 Å². The fourth-order valence-corrected chi connectivity index (χ4v) is 4.46. The lowest BCUT2D eigenvalue weighted by Gasteiger charge is -2.26. The molecule has 1 aliphatic heterocycles. The van der Waals surface area contributed by atoms with Gasteiger partial charge in [-0.1, -0.05) is 0 Å². The van der Waals surface area contributed by atoms with E-state index in [-0.39, 0.29) is 35.3 Å². The van der Waals surface area contributed by atoms with Gasteiger partial charge in [0.2, 0.25) is 20.0 Å². The number of sulfonamides is 2. The molecule has 1 fully saturated rings. The van der Waals surface area contributed by atoms with Gasteiger partial charge in [-0.25, -0.2) is 21.6 Å². The predicted molar refractivity (Wildman–Crippen MR) is 87.5 cm³/mol. The Hall–Kier alpha value is -0.750. The van der Waals surface area contributed by atoms with E-state index in [2.05, 4.69) is 4.72 Å². The zero-order valence-corrected chi connectivity index (χ0v) is 14.8. The van der Waals surface area contributed by atoms with Crippen LogP contribution in [0.25, 0.3) is 0 Å². The highest BCUT2D eigenvalue weighted by atomic mass is 35.5. The molecule has 0 atom stereocenters. The predicted octanol–water partition coefficient (Wildman–Crippen LogP) is -0.634. The van der Waals surface area contributed by atoms with E-state index in [4.69, 9.17) is 10.5 Å². The summed E-state index contributed by atoms with van der Waals surface area (Å²) in [7, 11) is -7.29. The van der Waals surface area contributed by atoms with Crippen molar-refractivity contribution < 1.29 is 21.6 Å². The Kier molecular flexibility index (Phi) is 7.39. The van der Waals surface area contributed by atoms with Gasteiger partial charge < -0.3 is 10.5 Å². The molecule has 3 N–H and O–H groups in total. The van der Waals surface area contributed by atoms with Crippen LogP contribution in [0.4, 0.5) is 0 Å². The third kappa shape index (κ3) is 4.86. The van der Waals surface area contributed by atoms with Crippen molar-refractivity contribution in [3.8, 4) is 0 Å². The standard InChI is InChI=1S/C12H19N3O5S2.ClH/c13-5-6-14-21(16,17)11-1-3-12(4-2-11)22(18,19)15-7-9-20-10-8-15;/h1-4,14H,5-10,13H2;1H. The number of halogens is 1. The summed E-state index contributed by atoms with van der Waals surface area (Å²) in [6.45, 7) is 1.60. The lowest BCUT2D eigenvalue weighted by Crippen LogP contribution is -2.40. The summed E-state index contributed by atoms with van der Waals surface area (Å²) >= 11 is 0. The molecular weight excluding hydrogens is 366 g/mol. The minimum atomic E-state index is -3.67. The van der Waals surface area contributed by atoms with Crippen molar-refractivity contribution in [3.05, 3.63) is 24.3 Å². The van der Waals surface area contributed by atoms with Crippen molar-refractivity contribution in [1.82, 2.24) is 9.03 Å². The van der Waals surface area contributed by atoms with Crippen LogP contribution >= 0.6 is 12.4 Å². The van der Waals surface area contributed by atoms with Crippen molar-refractivity contribution in [3.63, 3.8) is 0 Å². The second-order valence-corrected chi connectivity index (χ2v) is 8.38. The maximum absolute atomic E-state index is 12.4. The average Bonchev–Trinajstić information content (AvgIpc) is 2.54. The van der Waals surface area contributed by atoms with E-state index >= 15 is 0 Å². The molecule has 1 heterocycles. The monoisotopic (exact) mass is 385 g/mol. The lowest BCUT2D eigenvalue weighted by atomic mass is 10.4. The van der Waals surface area contributed by atoms with Gasteiger partial charge in [0.1, 0.15) is 0 Å². The largest absolute Gasteiger partial charge is 0.379 e. The van der Waals surface area contributed by atoms with Crippen LogP contribution in [0.15, 0.2) is 34.1 Å². The van der Waals surface area contributed by atoms with Gasteiger partial charge in [0.25, 0.3) is 0 Å². The van der Waals surface area contributed by atoms with Crippen molar-refractivity contribution in [2.45, 2.75) is 9.79 Å². The third-order valence-electron chi connectivity index (χ3n) is 3.18. The Labute approximate surface area is 142 Å². The molecule has 0 aromatic heterocycles. The van der Waals surface area contributed by atoms with Gasteiger partial charge in [-0.2, -0.15) is 4.31 Å². The molecule has 23 heavy (non-hydrogen) atoms. The molecule has 0 amide bonds. The normalized spacial score (nSPS) is 16.7. The van der Waals surface area contributed by atoms with Crippen molar-refractivity contribution in [2.24, 2.45) is 5.73 Å². The number of hydrogen-bond acceptors (Lipinski definition) is 6. The number of nitrogens with zero attached hydrogens (tertiary/aromatic N) is 1. The fourth-order valence-electron chi connectivity index (χ4n) is 2.00. The molecule has 0 aliphatic carbocycles. The van der Waals surface area contributed by atoms with Crippen LogP contribution in [-0.2, 0) is 24.8 Å². The van der Waals surface area contributed by atoms with E-state index in [1.807, 2.05) is 0 Å². The Morgan fingerprint density at radius 2 is 1.57 bits per heavy atom. The van der Waals surface area contributed by atoms with Gasteiger partial charge in [-0.05, 0) is 24.3 Å². The van der Waals surface area contributed by atoms with Gasteiger partial charge in [0.15, 0.2) is 0 Å². The maximum atomic E-state index is 12.4. The minimum Gasteiger partial charge on any atom is -0.379 e. The number of benzene rings is 1. The van der Waals surface area contributed by atoms with Crippen LogP contribution in [0.5, 0.6) is 0 Å². The van der Waals surface area contributed by atoms with Gasteiger partial charge >= 0.3 is 0 Å². The van der Waals surface area contributed by atoms with E-state index in [0.717, 1.165) is 0 Å². The van der Waals surface area contributed by atoms with Crippen molar-refractivity contribution >= 4 is 32.5 Å². The first kappa shape index (κ1) is 20.3. The third-order valence-corrected chi connectivity index (χ3v) is 6.57. The second-order valence-electron chi connectivity index (χ2n) is 4.67. The van der Waals surface area contributed by atoms with E-state index in [1.54, 1.807) is 0 Å². The van der Waals surface area contributed by atoms with Gasteiger partial charge in [0, 0.05) is 26.2 Å². The first-order valence-corrected chi connectivity index (χ1v) is 9.68.